The average Bonchev–Trinajstić information content (AvgIpc) is 3.12. The quantitative estimate of drug-likeness (QED) is 0.366. The summed E-state index contributed by atoms with van der Waals surface area (Å²) in [4.78, 5) is 12.2. The fourth-order valence-corrected chi connectivity index (χ4v) is 3.82. The first-order valence-electron chi connectivity index (χ1n) is 10.2. The number of benzene rings is 3. The summed E-state index contributed by atoms with van der Waals surface area (Å²) in [5.41, 5.74) is 12.1. The molecule has 1 aliphatic carbocycles. The van der Waals surface area contributed by atoms with Gasteiger partial charge < -0.3 is 20.5 Å². The van der Waals surface area contributed by atoms with Crippen LogP contribution >= 0.6 is 0 Å². The van der Waals surface area contributed by atoms with Gasteiger partial charge in [0.1, 0.15) is 12.4 Å². The Hall–Kier alpha value is -3.91. The lowest BCUT2D eigenvalue weighted by molar-refractivity contribution is 0.143. The van der Waals surface area contributed by atoms with Gasteiger partial charge in [-0.15, -0.1) is 0 Å². The number of carbonyl (C=O) groups excluding carboxylic acids is 1. The van der Waals surface area contributed by atoms with Crippen molar-refractivity contribution in [2.75, 3.05) is 26.0 Å². The smallest absolute Gasteiger partial charge is 0.407 e. The van der Waals surface area contributed by atoms with Gasteiger partial charge in [-0.05, 0) is 34.4 Å². The van der Waals surface area contributed by atoms with Crippen LogP contribution in [-0.4, -0.2) is 26.4 Å². The maximum atomic E-state index is 12.2. The number of hydrogen-bond donors (Lipinski definition) is 2. The van der Waals surface area contributed by atoms with Crippen LogP contribution in [0.2, 0.25) is 0 Å². The summed E-state index contributed by atoms with van der Waals surface area (Å²) in [6.45, 7) is 0.702. The van der Waals surface area contributed by atoms with Gasteiger partial charge in [-0.2, -0.15) is 0 Å². The first-order valence-corrected chi connectivity index (χ1v) is 10.2. The van der Waals surface area contributed by atoms with E-state index in [9.17, 15) is 4.79 Å². The molecule has 0 spiro atoms. The van der Waals surface area contributed by atoms with E-state index in [2.05, 4.69) is 41.4 Å². The van der Waals surface area contributed by atoms with E-state index in [0.717, 1.165) is 5.56 Å². The van der Waals surface area contributed by atoms with E-state index in [4.69, 9.17) is 15.2 Å². The summed E-state index contributed by atoms with van der Waals surface area (Å²) in [5.74, 6) is 6.78. The molecule has 31 heavy (non-hydrogen) atoms. The van der Waals surface area contributed by atoms with E-state index >= 15 is 0 Å². The Bertz CT molecular complexity index is 1120. The molecule has 156 valence electrons. The highest BCUT2D eigenvalue weighted by molar-refractivity contribution is 5.79. The number of hydrogen-bond acceptors (Lipinski definition) is 4. The van der Waals surface area contributed by atoms with Crippen LogP contribution < -0.4 is 15.8 Å². The van der Waals surface area contributed by atoms with Crippen LogP contribution in [-0.2, 0) is 4.74 Å². The van der Waals surface area contributed by atoms with Crippen molar-refractivity contribution >= 4 is 11.8 Å². The third kappa shape index (κ3) is 4.49. The van der Waals surface area contributed by atoms with Crippen LogP contribution in [0.15, 0.2) is 66.7 Å². The first kappa shape index (κ1) is 20.4. The fraction of sp³-hybridized carbons (Fsp3) is 0.192. The average molecular weight is 412 g/mol. The van der Waals surface area contributed by atoms with Gasteiger partial charge in [0.2, 0.25) is 0 Å². The van der Waals surface area contributed by atoms with Gasteiger partial charge in [0.05, 0.1) is 12.8 Å². The zero-order valence-corrected chi connectivity index (χ0v) is 17.4. The number of carbonyl (C=O) groups is 1. The van der Waals surface area contributed by atoms with Crippen molar-refractivity contribution in [2.24, 2.45) is 0 Å². The number of methoxy groups -OCH3 is 1. The van der Waals surface area contributed by atoms with Crippen LogP contribution in [0.5, 0.6) is 5.75 Å². The van der Waals surface area contributed by atoms with Crippen LogP contribution in [0.1, 0.15) is 29.0 Å². The second kappa shape index (κ2) is 9.27. The molecule has 0 saturated carbocycles. The molecular formula is C26H24N2O3. The minimum absolute atomic E-state index is 0.0518. The zero-order chi connectivity index (χ0) is 21.6. The van der Waals surface area contributed by atoms with E-state index in [1.165, 1.54) is 22.3 Å². The van der Waals surface area contributed by atoms with Crippen molar-refractivity contribution in [3.8, 4) is 28.7 Å². The fourth-order valence-electron chi connectivity index (χ4n) is 3.82. The molecule has 5 nitrogen and oxygen atoms in total. The highest BCUT2D eigenvalue weighted by atomic mass is 16.5. The maximum Gasteiger partial charge on any atom is 0.407 e. The number of anilines is 1. The van der Waals surface area contributed by atoms with Gasteiger partial charge in [0.15, 0.2) is 0 Å². The van der Waals surface area contributed by atoms with E-state index in [1.54, 1.807) is 13.2 Å². The van der Waals surface area contributed by atoms with E-state index in [-0.39, 0.29) is 5.92 Å². The molecule has 3 aromatic carbocycles. The van der Waals surface area contributed by atoms with E-state index < -0.39 is 6.09 Å². The Labute approximate surface area is 182 Å². The number of ether oxygens (including phenoxy) is 2. The lowest BCUT2D eigenvalue weighted by Gasteiger charge is -2.14. The summed E-state index contributed by atoms with van der Waals surface area (Å²) in [7, 11) is 1.59. The zero-order valence-electron chi connectivity index (χ0n) is 17.4. The van der Waals surface area contributed by atoms with Crippen molar-refractivity contribution in [2.45, 2.75) is 12.3 Å². The van der Waals surface area contributed by atoms with Gasteiger partial charge >= 0.3 is 6.09 Å². The molecule has 0 heterocycles. The standard InChI is InChI=1S/C26H24N2O3/c1-30-19-14-13-18(25(27)16-19)8-6-7-15-28-26(29)31-17-24-22-11-4-2-9-20(22)21-10-3-5-12-23(21)24/h2-5,9-14,16,24H,7,15,17,27H2,1H3,(H,28,29). The SMILES string of the molecule is COc1ccc(C#CCCNC(=O)OCC2c3ccccc3-c3ccccc32)c(N)c1. The van der Waals surface area contributed by atoms with Crippen LogP contribution in [0.4, 0.5) is 10.5 Å². The number of alkyl carbamates (subject to hydrolysis) is 1. The molecule has 0 saturated heterocycles. The number of nitrogens with two attached hydrogens (primary N) is 1. The Morgan fingerprint density at radius 1 is 1.03 bits per heavy atom. The molecule has 0 aliphatic heterocycles. The Kier molecular flexibility index (Phi) is 6.09. The van der Waals surface area contributed by atoms with Gasteiger partial charge in [-0.3, -0.25) is 0 Å². The predicted molar refractivity (Wildman–Crippen MR) is 122 cm³/mol. The third-order valence-electron chi connectivity index (χ3n) is 5.34. The third-order valence-corrected chi connectivity index (χ3v) is 5.34. The normalized spacial score (nSPS) is 11.6. The monoisotopic (exact) mass is 412 g/mol. The molecule has 3 aromatic rings. The molecular weight excluding hydrogens is 388 g/mol. The lowest BCUT2D eigenvalue weighted by atomic mass is 9.98. The molecule has 0 bridgehead atoms. The number of fused-ring (bicyclic) bond motifs is 3. The molecule has 1 amide bonds. The minimum atomic E-state index is -0.437. The first-order chi connectivity index (χ1) is 15.2. The van der Waals surface area contributed by atoms with E-state index in [0.29, 0.717) is 31.0 Å². The molecule has 0 fully saturated rings. The van der Waals surface area contributed by atoms with Crippen molar-refractivity contribution in [1.82, 2.24) is 5.32 Å². The molecule has 0 radical (unpaired) electrons. The van der Waals surface area contributed by atoms with E-state index in [1.807, 2.05) is 36.4 Å². The van der Waals surface area contributed by atoms with Crippen LogP contribution in [0.25, 0.3) is 11.1 Å². The largest absolute Gasteiger partial charge is 0.497 e. The highest BCUT2D eigenvalue weighted by Gasteiger charge is 2.28. The molecule has 3 N–H and O–H groups in total. The highest BCUT2D eigenvalue weighted by Crippen LogP contribution is 2.44. The summed E-state index contributed by atoms with van der Waals surface area (Å²) in [6, 6.07) is 21.9. The lowest BCUT2D eigenvalue weighted by Crippen LogP contribution is -2.26. The van der Waals surface area contributed by atoms with Gasteiger partial charge in [-0.25, -0.2) is 4.79 Å². The maximum absolute atomic E-state index is 12.2. The molecule has 1 aliphatic rings. The summed E-state index contributed by atoms with van der Waals surface area (Å²) >= 11 is 0. The molecule has 0 atom stereocenters. The number of nitrogen functional groups attached to an aromatic ring is 1. The second-order valence-electron chi connectivity index (χ2n) is 7.26. The van der Waals surface area contributed by atoms with Gasteiger partial charge in [0, 0.05) is 30.5 Å². The predicted octanol–water partition coefficient (Wildman–Crippen LogP) is 4.56. The van der Waals surface area contributed by atoms with Crippen LogP contribution in [0, 0.1) is 11.8 Å². The van der Waals surface area contributed by atoms with Gasteiger partial charge in [-0.1, -0.05) is 60.4 Å². The van der Waals surface area contributed by atoms with Gasteiger partial charge in [0.25, 0.3) is 0 Å². The minimum Gasteiger partial charge on any atom is -0.497 e. The Balaban J connectivity index is 1.28. The number of nitrogens with one attached hydrogen (secondary N) is 1. The van der Waals surface area contributed by atoms with Crippen molar-refractivity contribution < 1.29 is 14.3 Å². The molecule has 0 aromatic heterocycles. The van der Waals surface area contributed by atoms with Crippen molar-refractivity contribution in [3.05, 3.63) is 83.4 Å². The number of rotatable bonds is 5. The second-order valence-corrected chi connectivity index (χ2v) is 7.26. The van der Waals surface area contributed by atoms with Crippen molar-refractivity contribution in [3.63, 3.8) is 0 Å². The number of amides is 1. The summed E-state index contributed by atoms with van der Waals surface area (Å²) < 4.78 is 10.6. The van der Waals surface area contributed by atoms with Crippen molar-refractivity contribution in [1.29, 1.82) is 0 Å². The molecule has 0 unspecified atom stereocenters. The topological polar surface area (TPSA) is 73.6 Å². The summed E-state index contributed by atoms with van der Waals surface area (Å²) in [6.07, 6.45) is 0.0583. The summed E-state index contributed by atoms with van der Waals surface area (Å²) in [5, 5.41) is 2.76. The molecule has 4 rings (SSSR count). The molecule has 5 heteroatoms. The Morgan fingerprint density at radius 2 is 1.71 bits per heavy atom. The Morgan fingerprint density at radius 3 is 2.35 bits per heavy atom. The van der Waals surface area contributed by atoms with Crippen LogP contribution in [0.3, 0.4) is 0 Å².